The lowest BCUT2D eigenvalue weighted by Crippen LogP contribution is -2.43. The number of benzene rings is 2. The maximum absolute atomic E-state index is 14.7. The second kappa shape index (κ2) is 9.38. The molecule has 4 aromatic rings. The van der Waals surface area contributed by atoms with E-state index in [9.17, 15) is 14.0 Å². The molecule has 174 valence electrons. The van der Waals surface area contributed by atoms with Gasteiger partial charge in [0.15, 0.2) is 0 Å². The molecule has 1 N–H and O–H groups in total. The Hall–Kier alpha value is -3.52. The zero-order valence-corrected chi connectivity index (χ0v) is 19.6. The van der Waals surface area contributed by atoms with Crippen molar-refractivity contribution < 1.29 is 14.0 Å². The quantitative estimate of drug-likeness (QED) is 0.414. The summed E-state index contributed by atoms with van der Waals surface area (Å²) in [5.74, 6) is -1.24. The summed E-state index contributed by atoms with van der Waals surface area (Å²) in [6, 6.07) is 17.7. The molecule has 2 heterocycles. The van der Waals surface area contributed by atoms with E-state index >= 15 is 0 Å². The molecule has 0 saturated heterocycles. The predicted molar refractivity (Wildman–Crippen MR) is 132 cm³/mol. The number of thiophene rings is 1. The number of rotatable bonds is 6. The molecule has 8 heteroatoms. The number of fused-ring (bicyclic) bond motifs is 1. The Morgan fingerprint density at radius 3 is 2.56 bits per heavy atom. The van der Waals surface area contributed by atoms with Gasteiger partial charge in [-0.1, -0.05) is 43.2 Å². The monoisotopic (exact) mass is 476 g/mol. The molecular weight excluding hydrogens is 451 g/mol. The van der Waals surface area contributed by atoms with Gasteiger partial charge in [0.25, 0.3) is 5.91 Å². The maximum Gasteiger partial charge on any atom is 0.269 e. The third-order valence-electron chi connectivity index (χ3n) is 6.17. The van der Waals surface area contributed by atoms with Gasteiger partial charge in [0.05, 0.1) is 21.9 Å². The van der Waals surface area contributed by atoms with Gasteiger partial charge in [0, 0.05) is 11.4 Å². The molecule has 0 atom stereocenters. The fraction of sp³-hybridized carbons (Fsp3) is 0.269. The first-order valence-corrected chi connectivity index (χ1v) is 12.2. The third-order valence-corrected chi connectivity index (χ3v) is 7.27. The SMILES string of the molecule is Cc1nn(-c2ccccc2)c2sc(C(=O)N(CC(=O)NC3CCCC3)c3ccccc3F)cc12. The van der Waals surface area contributed by atoms with Gasteiger partial charge in [-0.05, 0) is 50.1 Å². The lowest BCUT2D eigenvalue weighted by Gasteiger charge is -2.23. The van der Waals surface area contributed by atoms with E-state index in [1.165, 1.54) is 28.4 Å². The summed E-state index contributed by atoms with van der Waals surface area (Å²) >= 11 is 1.29. The normalized spacial score (nSPS) is 13.9. The van der Waals surface area contributed by atoms with E-state index in [-0.39, 0.29) is 24.2 Å². The highest BCUT2D eigenvalue weighted by Gasteiger charge is 2.27. The summed E-state index contributed by atoms with van der Waals surface area (Å²) in [5.41, 5.74) is 1.78. The van der Waals surface area contributed by atoms with E-state index in [1.807, 2.05) is 41.9 Å². The summed E-state index contributed by atoms with van der Waals surface area (Å²) in [6.45, 7) is 1.65. The number of carbonyl (C=O) groups is 2. The number of aryl methyl sites for hydroxylation is 1. The zero-order chi connectivity index (χ0) is 23.7. The molecule has 1 aliphatic carbocycles. The fourth-order valence-corrected chi connectivity index (χ4v) is 5.59. The van der Waals surface area contributed by atoms with Crippen LogP contribution in [0.15, 0.2) is 60.7 Å². The van der Waals surface area contributed by atoms with Gasteiger partial charge in [-0.2, -0.15) is 5.10 Å². The lowest BCUT2D eigenvalue weighted by molar-refractivity contribution is -0.120. The molecule has 6 nitrogen and oxygen atoms in total. The van der Waals surface area contributed by atoms with E-state index < -0.39 is 11.7 Å². The van der Waals surface area contributed by atoms with Crippen LogP contribution in [0.2, 0.25) is 0 Å². The number of aromatic nitrogens is 2. The van der Waals surface area contributed by atoms with Crippen molar-refractivity contribution >= 4 is 39.1 Å². The average Bonchev–Trinajstić information content (AvgIpc) is 3.57. The molecule has 1 saturated carbocycles. The molecule has 5 rings (SSSR count). The number of hydrogen-bond donors (Lipinski definition) is 1. The minimum absolute atomic E-state index is 0.0907. The smallest absolute Gasteiger partial charge is 0.269 e. The number of para-hydroxylation sites is 2. The van der Waals surface area contributed by atoms with Crippen LogP contribution in [0.5, 0.6) is 0 Å². The Labute approximate surface area is 201 Å². The third kappa shape index (κ3) is 4.33. The molecule has 0 aliphatic heterocycles. The Kier molecular flexibility index (Phi) is 6.15. The molecular formula is C26H25FN4O2S. The second-order valence-corrected chi connectivity index (χ2v) is 9.58. The van der Waals surface area contributed by atoms with Crippen LogP contribution in [0, 0.1) is 12.7 Å². The number of halogens is 1. The van der Waals surface area contributed by atoms with Crippen molar-refractivity contribution in [2.45, 2.75) is 38.6 Å². The Morgan fingerprint density at radius 1 is 1.12 bits per heavy atom. The van der Waals surface area contributed by atoms with Gasteiger partial charge in [0.1, 0.15) is 17.2 Å². The standard InChI is InChI=1S/C26H25FN4O2S/c1-17-20-15-23(34-26(20)31(29-17)19-11-3-2-4-12-19)25(33)30(22-14-8-7-13-21(22)27)16-24(32)28-18-9-5-6-10-18/h2-4,7-8,11-15,18H,5-6,9-10,16H2,1H3,(H,28,32). The first-order valence-electron chi connectivity index (χ1n) is 11.4. The Bertz CT molecular complexity index is 1340. The molecule has 2 aromatic carbocycles. The lowest BCUT2D eigenvalue weighted by atomic mass is 10.2. The number of nitrogens with zero attached hydrogens (tertiary/aromatic N) is 3. The summed E-state index contributed by atoms with van der Waals surface area (Å²) in [6.07, 6.45) is 4.04. The fourth-order valence-electron chi connectivity index (χ4n) is 4.45. The van der Waals surface area contributed by atoms with E-state index in [1.54, 1.807) is 18.2 Å². The highest BCUT2D eigenvalue weighted by molar-refractivity contribution is 7.20. The molecule has 0 bridgehead atoms. The molecule has 0 unspecified atom stereocenters. The summed E-state index contributed by atoms with van der Waals surface area (Å²) in [5, 5.41) is 8.48. The number of carbonyl (C=O) groups excluding carboxylic acids is 2. The van der Waals surface area contributed by atoms with Gasteiger partial charge in [0.2, 0.25) is 5.91 Å². The largest absolute Gasteiger partial charge is 0.352 e. The molecule has 2 aromatic heterocycles. The van der Waals surface area contributed by atoms with Crippen LogP contribution in [0.1, 0.15) is 41.0 Å². The summed E-state index contributed by atoms with van der Waals surface area (Å²) in [7, 11) is 0. The van der Waals surface area contributed by atoms with Crippen LogP contribution >= 0.6 is 11.3 Å². The van der Waals surface area contributed by atoms with Crippen molar-refractivity contribution in [1.82, 2.24) is 15.1 Å². The van der Waals surface area contributed by atoms with Crippen molar-refractivity contribution in [2.24, 2.45) is 0 Å². The van der Waals surface area contributed by atoms with Gasteiger partial charge >= 0.3 is 0 Å². The topological polar surface area (TPSA) is 67.2 Å². The highest BCUT2D eigenvalue weighted by Crippen LogP contribution is 2.32. The first-order chi connectivity index (χ1) is 16.5. The highest BCUT2D eigenvalue weighted by atomic mass is 32.1. The van der Waals surface area contributed by atoms with E-state index in [4.69, 9.17) is 0 Å². The molecule has 0 spiro atoms. The van der Waals surface area contributed by atoms with Crippen LogP contribution in [0.4, 0.5) is 10.1 Å². The molecule has 34 heavy (non-hydrogen) atoms. The molecule has 1 aliphatic rings. The van der Waals surface area contributed by atoms with Gasteiger partial charge in [-0.25, -0.2) is 9.07 Å². The van der Waals surface area contributed by atoms with Crippen LogP contribution in [0.3, 0.4) is 0 Å². The number of hydrogen-bond acceptors (Lipinski definition) is 4. The van der Waals surface area contributed by atoms with Crippen molar-refractivity contribution in [3.63, 3.8) is 0 Å². The first kappa shape index (κ1) is 22.3. The minimum Gasteiger partial charge on any atom is -0.352 e. The van der Waals surface area contributed by atoms with E-state index in [0.717, 1.165) is 47.3 Å². The van der Waals surface area contributed by atoms with Crippen molar-refractivity contribution in [1.29, 1.82) is 0 Å². The number of amides is 2. The zero-order valence-electron chi connectivity index (χ0n) is 18.8. The predicted octanol–water partition coefficient (Wildman–Crippen LogP) is 5.24. The number of anilines is 1. The van der Waals surface area contributed by atoms with Gasteiger partial charge < -0.3 is 5.32 Å². The summed E-state index contributed by atoms with van der Waals surface area (Å²) in [4.78, 5) is 29.0. The van der Waals surface area contributed by atoms with E-state index in [0.29, 0.717) is 4.88 Å². The van der Waals surface area contributed by atoms with E-state index in [2.05, 4.69) is 10.4 Å². The van der Waals surface area contributed by atoms with Crippen LogP contribution < -0.4 is 10.2 Å². The van der Waals surface area contributed by atoms with Crippen LogP contribution in [-0.2, 0) is 4.79 Å². The van der Waals surface area contributed by atoms with Crippen LogP contribution in [0.25, 0.3) is 15.9 Å². The van der Waals surface area contributed by atoms with Crippen molar-refractivity contribution in [2.75, 3.05) is 11.4 Å². The summed E-state index contributed by atoms with van der Waals surface area (Å²) < 4.78 is 16.5. The van der Waals surface area contributed by atoms with Gasteiger partial charge in [-0.15, -0.1) is 11.3 Å². The van der Waals surface area contributed by atoms with Crippen molar-refractivity contribution in [3.05, 3.63) is 77.1 Å². The maximum atomic E-state index is 14.7. The van der Waals surface area contributed by atoms with Gasteiger partial charge in [-0.3, -0.25) is 14.5 Å². The second-order valence-electron chi connectivity index (χ2n) is 8.55. The van der Waals surface area contributed by atoms with Crippen LogP contribution in [-0.4, -0.2) is 34.2 Å². The Balaban J connectivity index is 1.49. The average molecular weight is 477 g/mol. The number of nitrogens with one attached hydrogen (secondary N) is 1. The molecule has 2 amide bonds. The molecule has 1 fully saturated rings. The minimum atomic E-state index is -0.544. The molecule has 0 radical (unpaired) electrons. The Morgan fingerprint density at radius 2 is 1.82 bits per heavy atom. The van der Waals surface area contributed by atoms with Crippen molar-refractivity contribution in [3.8, 4) is 5.69 Å².